The summed E-state index contributed by atoms with van der Waals surface area (Å²) in [6, 6.07) is 11.6. The summed E-state index contributed by atoms with van der Waals surface area (Å²) in [5.74, 6) is -0.409. The minimum atomic E-state index is -0.617. The number of halogens is 3. The summed E-state index contributed by atoms with van der Waals surface area (Å²) in [6.07, 6.45) is 1.55. The molecule has 9 heteroatoms. The third-order valence-corrected chi connectivity index (χ3v) is 5.82. The van der Waals surface area contributed by atoms with Gasteiger partial charge in [-0.2, -0.15) is 5.26 Å². The average Bonchev–Trinajstić information content (AvgIpc) is 3.15. The summed E-state index contributed by atoms with van der Waals surface area (Å²) in [5.41, 5.74) is 8.62. The van der Waals surface area contributed by atoms with Crippen LogP contribution in [0.1, 0.15) is 41.6 Å². The van der Waals surface area contributed by atoms with E-state index >= 15 is 0 Å². The molecule has 2 heterocycles. The fourth-order valence-corrected chi connectivity index (χ4v) is 4.15. The second kappa shape index (κ2) is 9.11. The Balaban J connectivity index is 1.82. The summed E-state index contributed by atoms with van der Waals surface area (Å²) in [6.45, 7) is 1.93. The molecule has 0 unspecified atom stereocenters. The molecule has 3 aromatic rings. The molecular formula is C23H19Cl2FN4O2. The van der Waals surface area contributed by atoms with Crippen molar-refractivity contribution in [2.24, 2.45) is 5.73 Å². The number of nitriles is 1. The Kier molecular flexibility index (Phi) is 6.26. The molecule has 1 atom stereocenters. The maximum atomic E-state index is 14.3. The van der Waals surface area contributed by atoms with Crippen LogP contribution in [0.3, 0.4) is 0 Å². The molecule has 3 N–H and O–H groups in total. The van der Waals surface area contributed by atoms with Crippen LogP contribution in [-0.4, -0.2) is 10.2 Å². The van der Waals surface area contributed by atoms with Gasteiger partial charge < -0.3 is 15.2 Å². The van der Waals surface area contributed by atoms with Crippen LogP contribution in [0.25, 0.3) is 0 Å². The van der Waals surface area contributed by atoms with Gasteiger partial charge in [0.25, 0.3) is 0 Å². The van der Waals surface area contributed by atoms with Crippen molar-refractivity contribution in [3.8, 4) is 17.7 Å². The van der Waals surface area contributed by atoms with E-state index in [1.807, 2.05) is 6.92 Å². The molecule has 1 aliphatic rings. The first-order valence-corrected chi connectivity index (χ1v) is 10.7. The fraction of sp³-hybridized carbons (Fsp3) is 0.217. The highest BCUT2D eigenvalue weighted by molar-refractivity contribution is 6.31. The Bertz CT molecular complexity index is 1230. The molecule has 0 saturated heterocycles. The molecule has 6 nitrogen and oxygen atoms in total. The van der Waals surface area contributed by atoms with E-state index in [-0.39, 0.29) is 28.6 Å². The van der Waals surface area contributed by atoms with E-state index in [2.05, 4.69) is 16.3 Å². The molecule has 2 aromatic carbocycles. The van der Waals surface area contributed by atoms with Crippen LogP contribution in [0.4, 0.5) is 4.39 Å². The highest BCUT2D eigenvalue weighted by atomic mass is 35.5. The van der Waals surface area contributed by atoms with E-state index < -0.39 is 11.7 Å². The van der Waals surface area contributed by atoms with Gasteiger partial charge in [-0.05, 0) is 36.8 Å². The third-order valence-electron chi connectivity index (χ3n) is 5.23. The van der Waals surface area contributed by atoms with Gasteiger partial charge in [-0.25, -0.2) is 4.39 Å². The van der Waals surface area contributed by atoms with Crippen molar-refractivity contribution >= 4 is 23.2 Å². The Morgan fingerprint density at radius 3 is 2.84 bits per heavy atom. The molecule has 4 rings (SSSR count). The molecule has 1 aromatic heterocycles. The zero-order valence-electron chi connectivity index (χ0n) is 17.1. The van der Waals surface area contributed by atoms with Crippen LogP contribution < -0.4 is 15.2 Å². The van der Waals surface area contributed by atoms with Gasteiger partial charge in [-0.1, -0.05) is 42.6 Å². The van der Waals surface area contributed by atoms with Gasteiger partial charge in [-0.15, -0.1) is 5.10 Å². The van der Waals surface area contributed by atoms with Crippen molar-refractivity contribution in [1.82, 2.24) is 10.2 Å². The molecule has 164 valence electrons. The van der Waals surface area contributed by atoms with Crippen molar-refractivity contribution in [3.63, 3.8) is 0 Å². The lowest BCUT2D eigenvalue weighted by Gasteiger charge is -2.26. The molecule has 0 bridgehead atoms. The normalized spacial score (nSPS) is 15.2. The smallest absolute Gasteiger partial charge is 0.244 e. The highest BCUT2D eigenvalue weighted by Gasteiger charge is 2.36. The number of benzene rings is 2. The molecule has 0 fully saturated rings. The van der Waals surface area contributed by atoms with Crippen LogP contribution >= 0.6 is 23.2 Å². The van der Waals surface area contributed by atoms with E-state index in [0.717, 1.165) is 12.1 Å². The number of hydrogen-bond acceptors (Lipinski definition) is 5. The largest absolute Gasteiger partial charge is 0.488 e. The lowest BCUT2D eigenvalue weighted by molar-refractivity contribution is 0.295. The summed E-state index contributed by atoms with van der Waals surface area (Å²) in [5, 5.41) is 17.8. The first-order chi connectivity index (χ1) is 15.4. The number of nitrogens with two attached hydrogens (primary N) is 1. The van der Waals surface area contributed by atoms with Crippen molar-refractivity contribution in [3.05, 3.63) is 86.1 Å². The topological polar surface area (TPSA) is 97.0 Å². The van der Waals surface area contributed by atoms with Crippen LogP contribution in [0.15, 0.2) is 47.9 Å². The molecule has 0 spiro atoms. The van der Waals surface area contributed by atoms with Crippen molar-refractivity contribution < 1.29 is 13.9 Å². The number of rotatable bonds is 6. The highest BCUT2D eigenvalue weighted by Crippen LogP contribution is 2.46. The van der Waals surface area contributed by atoms with Crippen LogP contribution in [0.2, 0.25) is 10.0 Å². The first-order valence-electron chi connectivity index (χ1n) is 9.94. The van der Waals surface area contributed by atoms with Gasteiger partial charge in [0.05, 0.1) is 16.5 Å². The molecule has 0 amide bonds. The van der Waals surface area contributed by atoms with Gasteiger partial charge in [-0.3, -0.25) is 5.10 Å². The molecular weight excluding hydrogens is 454 g/mol. The minimum absolute atomic E-state index is 0.0392. The number of allylic oxidation sites excluding steroid dienone is 1. The van der Waals surface area contributed by atoms with Crippen molar-refractivity contribution in [2.45, 2.75) is 32.3 Å². The zero-order valence-corrected chi connectivity index (χ0v) is 18.6. The van der Waals surface area contributed by atoms with Crippen molar-refractivity contribution in [1.29, 1.82) is 5.26 Å². The van der Waals surface area contributed by atoms with Gasteiger partial charge in [0.1, 0.15) is 29.8 Å². The number of aryl methyl sites for hydroxylation is 1. The van der Waals surface area contributed by atoms with E-state index in [4.69, 9.17) is 38.4 Å². The van der Waals surface area contributed by atoms with Crippen LogP contribution in [0.5, 0.6) is 11.6 Å². The molecule has 0 saturated carbocycles. The standard InChI is InChI=1S/C23H19Cl2FN4O2/c1-2-4-18-21-20(14(10-27)22(28)32-23(21)30-29-18)13-9-12(24)7-8-19(13)31-11-15-16(25)5-3-6-17(15)26/h3,5-9,20H,2,4,11,28H2,1H3,(H,29,30)/t20-/m0/s1. The fourth-order valence-electron chi connectivity index (χ4n) is 3.76. The summed E-state index contributed by atoms with van der Waals surface area (Å²) in [4.78, 5) is 0. The number of H-pyrrole nitrogens is 1. The number of hydrogen-bond donors (Lipinski definition) is 2. The maximum Gasteiger partial charge on any atom is 0.244 e. The molecule has 1 aliphatic heterocycles. The lowest BCUT2D eigenvalue weighted by Crippen LogP contribution is -2.22. The molecule has 0 radical (unpaired) electrons. The Morgan fingerprint density at radius 1 is 1.31 bits per heavy atom. The summed E-state index contributed by atoms with van der Waals surface area (Å²) in [7, 11) is 0. The third kappa shape index (κ3) is 3.99. The number of aromatic amines is 1. The Morgan fingerprint density at radius 2 is 2.12 bits per heavy atom. The van der Waals surface area contributed by atoms with Crippen molar-refractivity contribution in [2.75, 3.05) is 0 Å². The summed E-state index contributed by atoms with van der Waals surface area (Å²) >= 11 is 12.5. The van der Waals surface area contributed by atoms with Crippen LogP contribution in [-0.2, 0) is 13.0 Å². The summed E-state index contributed by atoms with van der Waals surface area (Å²) < 4.78 is 25.8. The molecule has 0 aliphatic carbocycles. The predicted molar refractivity (Wildman–Crippen MR) is 119 cm³/mol. The SMILES string of the molecule is CCCc1[nH]nc2c1[C@@H](c1cc(Cl)ccc1OCc1c(F)cccc1Cl)C(C#N)=C(N)O2. The Hall–Kier alpha value is -3.21. The van der Waals surface area contributed by atoms with E-state index in [1.165, 1.54) is 12.1 Å². The van der Waals surface area contributed by atoms with Gasteiger partial charge in [0.2, 0.25) is 11.8 Å². The first kappa shape index (κ1) is 22.0. The average molecular weight is 473 g/mol. The number of aromatic nitrogens is 2. The predicted octanol–water partition coefficient (Wildman–Crippen LogP) is 5.61. The van der Waals surface area contributed by atoms with E-state index in [9.17, 15) is 9.65 Å². The van der Waals surface area contributed by atoms with Gasteiger partial charge in [0, 0.05) is 21.8 Å². The van der Waals surface area contributed by atoms with E-state index in [1.54, 1.807) is 24.3 Å². The minimum Gasteiger partial charge on any atom is -0.488 e. The Labute approximate surface area is 194 Å². The number of fused-ring (bicyclic) bond motifs is 1. The van der Waals surface area contributed by atoms with Gasteiger partial charge in [0.15, 0.2) is 0 Å². The lowest BCUT2D eigenvalue weighted by atomic mass is 9.83. The quantitative estimate of drug-likeness (QED) is 0.486. The van der Waals surface area contributed by atoms with Gasteiger partial charge >= 0.3 is 0 Å². The second-order valence-corrected chi connectivity index (χ2v) is 8.11. The number of nitrogens with zero attached hydrogens (tertiary/aromatic N) is 2. The maximum absolute atomic E-state index is 14.3. The number of ether oxygens (including phenoxy) is 2. The van der Waals surface area contributed by atoms with E-state index in [0.29, 0.717) is 34.2 Å². The molecule has 32 heavy (non-hydrogen) atoms. The monoisotopic (exact) mass is 472 g/mol. The van der Waals surface area contributed by atoms with Crippen LogP contribution in [0, 0.1) is 17.1 Å². The second-order valence-electron chi connectivity index (χ2n) is 7.27. The number of nitrogens with one attached hydrogen (secondary N) is 1. The zero-order chi connectivity index (χ0) is 22.8.